The van der Waals surface area contributed by atoms with Crippen molar-refractivity contribution in [1.29, 1.82) is 0 Å². The number of ether oxygens (including phenoxy) is 1. The smallest absolute Gasteiger partial charge is 0.226 e. The summed E-state index contributed by atoms with van der Waals surface area (Å²) >= 11 is 0. The van der Waals surface area contributed by atoms with E-state index < -0.39 is 0 Å². The van der Waals surface area contributed by atoms with E-state index in [1.165, 1.54) is 5.56 Å². The molecule has 0 aromatic heterocycles. The van der Waals surface area contributed by atoms with Crippen molar-refractivity contribution in [2.75, 3.05) is 26.2 Å². The third-order valence-corrected chi connectivity index (χ3v) is 3.63. The Hall–Kier alpha value is -1.26. The van der Waals surface area contributed by atoms with Gasteiger partial charge in [0.2, 0.25) is 5.91 Å². The molecule has 4 nitrogen and oxygen atoms in total. The van der Waals surface area contributed by atoms with Crippen molar-refractivity contribution in [2.45, 2.75) is 33.2 Å². The molecule has 1 saturated heterocycles. The minimum atomic E-state index is 0. The van der Waals surface area contributed by atoms with E-state index >= 15 is 0 Å². The summed E-state index contributed by atoms with van der Waals surface area (Å²) in [5.41, 5.74) is 2.34. The van der Waals surface area contributed by atoms with Gasteiger partial charge in [-0.3, -0.25) is 4.79 Å². The molecule has 1 aromatic carbocycles. The lowest BCUT2D eigenvalue weighted by atomic mass is 10.1. The van der Waals surface area contributed by atoms with Gasteiger partial charge in [0.05, 0.1) is 13.0 Å². The van der Waals surface area contributed by atoms with Crippen LogP contribution in [0.3, 0.4) is 0 Å². The quantitative estimate of drug-likeness (QED) is 0.927. The summed E-state index contributed by atoms with van der Waals surface area (Å²) in [7, 11) is 0. The second-order valence-electron chi connectivity index (χ2n) is 5.56. The second kappa shape index (κ2) is 8.25. The summed E-state index contributed by atoms with van der Waals surface area (Å²) in [5.74, 6) is 1.06. The van der Waals surface area contributed by atoms with E-state index in [2.05, 4.69) is 25.2 Å². The minimum Gasteiger partial charge on any atom is -0.493 e. The highest BCUT2D eigenvalue weighted by Crippen LogP contribution is 2.18. The third kappa shape index (κ3) is 5.21. The summed E-state index contributed by atoms with van der Waals surface area (Å²) in [6, 6.07) is 6.48. The molecule has 1 atom stereocenters. The number of hydrogen-bond acceptors (Lipinski definition) is 3. The van der Waals surface area contributed by atoms with Gasteiger partial charge in [0.1, 0.15) is 5.75 Å². The molecule has 5 heteroatoms. The molecule has 1 N–H and O–H groups in total. The van der Waals surface area contributed by atoms with Crippen molar-refractivity contribution < 1.29 is 9.53 Å². The Morgan fingerprint density at radius 2 is 2.19 bits per heavy atom. The van der Waals surface area contributed by atoms with E-state index in [1.807, 2.05) is 24.0 Å². The molecule has 1 aliphatic rings. The molecule has 1 aliphatic heterocycles. The van der Waals surface area contributed by atoms with Crippen LogP contribution in [0.15, 0.2) is 18.2 Å². The van der Waals surface area contributed by atoms with Crippen molar-refractivity contribution in [3.63, 3.8) is 0 Å². The van der Waals surface area contributed by atoms with Crippen LogP contribution in [0, 0.1) is 13.8 Å². The van der Waals surface area contributed by atoms with Crippen molar-refractivity contribution in [1.82, 2.24) is 10.2 Å². The lowest BCUT2D eigenvalue weighted by Crippen LogP contribution is -2.51. The standard InChI is InChI=1S/C16H24N2O2.ClH/c1-12-4-5-15(13(2)10-12)20-9-6-16(19)18-8-7-17-14(3)11-18;/h4-5,10,14,17H,6-9,11H2,1-3H3;1H. The maximum absolute atomic E-state index is 12.1. The topological polar surface area (TPSA) is 41.6 Å². The average Bonchev–Trinajstić information content (AvgIpc) is 2.41. The molecule has 1 fully saturated rings. The van der Waals surface area contributed by atoms with Gasteiger partial charge in [-0.25, -0.2) is 0 Å². The van der Waals surface area contributed by atoms with Crippen LogP contribution in [0.2, 0.25) is 0 Å². The molecule has 21 heavy (non-hydrogen) atoms. The SMILES string of the molecule is Cc1ccc(OCCC(=O)N2CCNC(C)C2)c(C)c1.Cl. The summed E-state index contributed by atoms with van der Waals surface area (Å²) < 4.78 is 5.72. The fourth-order valence-corrected chi connectivity index (χ4v) is 2.53. The third-order valence-electron chi connectivity index (χ3n) is 3.63. The molecule has 0 radical (unpaired) electrons. The van der Waals surface area contributed by atoms with Gasteiger partial charge < -0.3 is 15.0 Å². The van der Waals surface area contributed by atoms with Crippen molar-refractivity contribution >= 4 is 18.3 Å². The predicted molar refractivity (Wildman–Crippen MR) is 87.3 cm³/mol. The van der Waals surface area contributed by atoms with Crippen LogP contribution >= 0.6 is 12.4 Å². The first-order valence-electron chi connectivity index (χ1n) is 7.27. The van der Waals surface area contributed by atoms with Crippen LogP contribution in [0.4, 0.5) is 0 Å². The molecule has 1 amide bonds. The van der Waals surface area contributed by atoms with E-state index in [9.17, 15) is 4.79 Å². The van der Waals surface area contributed by atoms with Crippen LogP contribution in [0.25, 0.3) is 0 Å². The first-order valence-corrected chi connectivity index (χ1v) is 7.27. The highest BCUT2D eigenvalue weighted by Gasteiger charge is 2.20. The average molecular weight is 313 g/mol. The largest absolute Gasteiger partial charge is 0.493 e. The van der Waals surface area contributed by atoms with Crippen LogP contribution < -0.4 is 10.1 Å². The predicted octanol–water partition coefficient (Wildman–Crippen LogP) is 2.31. The zero-order valence-corrected chi connectivity index (χ0v) is 13.8. The number of nitrogens with zero attached hydrogens (tertiary/aromatic N) is 1. The lowest BCUT2D eigenvalue weighted by Gasteiger charge is -2.32. The van der Waals surface area contributed by atoms with Crippen LogP contribution in [-0.2, 0) is 4.79 Å². The van der Waals surface area contributed by atoms with Gasteiger partial charge in [-0.1, -0.05) is 17.7 Å². The second-order valence-corrected chi connectivity index (χ2v) is 5.56. The fraction of sp³-hybridized carbons (Fsp3) is 0.562. The lowest BCUT2D eigenvalue weighted by molar-refractivity contribution is -0.132. The summed E-state index contributed by atoms with van der Waals surface area (Å²) in [5, 5.41) is 3.34. The Labute approximate surface area is 133 Å². The van der Waals surface area contributed by atoms with Gasteiger partial charge in [0.15, 0.2) is 0 Å². The number of amides is 1. The number of carbonyl (C=O) groups is 1. The monoisotopic (exact) mass is 312 g/mol. The Morgan fingerprint density at radius 3 is 2.86 bits per heavy atom. The van der Waals surface area contributed by atoms with Gasteiger partial charge in [0, 0.05) is 25.7 Å². The molecule has 1 aromatic rings. The summed E-state index contributed by atoms with van der Waals surface area (Å²) in [4.78, 5) is 14.0. The molecular formula is C16H25ClN2O2. The molecule has 1 heterocycles. The Bertz CT molecular complexity index is 479. The van der Waals surface area contributed by atoms with Gasteiger partial charge in [0.25, 0.3) is 0 Å². The molecule has 0 aliphatic carbocycles. The van der Waals surface area contributed by atoms with Gasteiger partial charge in [-0.05, 0) is 32.4 Å². The zero-order chi connectivity index (χ0) is 14.5. The molecular weight excluding hydrogens is 288 g/mol. The number of halogens is 1. The maximum atomic E-state index is 12.1. The van der Waals surface area contributed by atoms with Crippen LogP contribution in [0.1, 0.15) is 24.5 Å². The first-order chi connectivity index (χ1) is 9.56. The van der Waals surface area contributed by atoms with Crippen molar-refractivity contribution in [2.24, 2.45) is 0 Å². The van der Waals surface area contributed by atoms with Crippen LogP contribution in [0.5, 0.6) is 5.75 Å². The van der Waals surface area contributed by atoms with Gasteiger partial charge >= 0.3 is 0 Å². The minimum absolute atomic E-state index is 0. The fourth-order valence-electron chi connectivity index (χ4n) is 2.53. The maximum Gasteiger partial charge on any atom is 0.226 e. The normalized spacial score (nSPS) is 18.0. The number of benzene rings is 1. The Morgan fingerprint density at radius 1 is 1.43 bits per heavy atom. The number of hydrogen-bond donors (Lipinski definition) is 1. The number of aryl methyl sites for hydroxylation is 2. The molecule has 0 saturated carbocycles. The van der Waals surface area contributed by atoms with E-state index in [4.69, 9.17) is 4.74 Å². The highest BCUT2D eigenvalue weighted by molar-refractivity contribution is 5.85. The molecule has 1 unspecified atom stereocenters. The van der Waals surface area contributed by atoms with Crippen LogP contribution in [-0.4, -0.2) is 43.1 Å². The first kappa shape index (κ1) is 17.8. The van der Waals surface area contributed by atoms with Crippen molar-refractivity contribution in [3.8, 4) is 5.75 Å². The number of rotatable bonds is 4. The zero-order valence-electron chi connectivity index (χ0n) is 13.0. The van der Waals surface area contributed by atoms with Gasteiger partial charge in [-0.15, -0.1) is 12.4 Å². The number of piperazine rings is 1. The van der Waals surface area contributed by atoms with E-state index in [-0.39, 0.29) is 18.3 Å². The molecule has 118 valence electrons. The number of carbonyl (C=O) groups excluding carboxylic acids is 1. The number of nitrogens with one attached hydrogen (secondary N) is 1. The van der Waals surface area contributed by atoms with Crippen molar-refractivity contribution in [3.05, 3.63) is 29.3 Å². The molecule has 0 spiro atoms. The molecule has 0 bridgehead atoms. The Balaban J connectivity index is 0.00000220. The summed E-state index contributed by atoms with van der Waals surface area (Å²) in [6.45, 7) is 9.11. The molecule has 2 rings (SSSR count). The van der Waals surface area contributed by atoms with Gasteiger partial charge in [-0.2, -0.15) is 0 Å². The van der Waals surface area contributed by atoms with E-state index in [0.29, 0.717) is 19.1 Å². The van der Waals surface area contributed by atoms with E-state index in [1.54, 1.807) is 0 Å². The highest BCUT2D eigenvalue weighted by atomic mass is 35.5. The summed E-state index contributed by atoms with van der Waals surface area (Å²) in [6.07, 6.45) is 0.444. The van der Waals surface area contributed by atoms with E-state index in [0.717, 1.165) is 30.9 Å². The Kier molecular flexibility index (Phi) is 6.99.